The summed E-state index contributed by atoms with van der Waals surface area (Å²) < 4.78 is 2.24. The van der Waals surface area contributed by atoms with Crippen molar-refractivity contribution in [3.63, 3.8) is 0 Å². The van der Waals surface area contributed by atoms with Crippen molar-refractivity contribution in [1.82, 2.24) is 19.6 Å². The molecular weight excluding hydrogens is 296 g/mol. The first-order chi connectivity index (χ1) is 10.2. The van der Waals surface area contributed by atoms with Gasteiger partial charge in [-0.2, -0.15) is 0 Å². The molecule has 2 aliphatic heterocycles. The normalized spacial score (nSPS) is 21.3. The van der Waals surface area contributed by atoms with E-state index in [9.17, 15) is 0 Å². The SMILES string of the molecule is Cc1ccn2c(CN3CCC4(CCNCC4)C3)cnc2c1.Cl. The standard InChI is InChI=1S/C17H24N4.ClH/c1-14-2-8-21-15(11-19-16(21)10-14)12-20-9-5-17(13-20)3-6-18-7-4-17;/h2,8,10-11,18H,3-7,9,12-13H2,1H3;1H. The molecular formula is C17H25ClN4. The molecule has 22 heavy (non-hydrogen) atoms. The molecule has 2 aromatic rings. The van der Waals surface area contributed by atoms with Gasteiger partial charge in [0.25, 0.3) is 0 Å². The van der Waals surface area contributed by atoms with Crippen LogP contribution in [-0.4, -0.2) is 40.5 Å². The van der Waals surface area contributed by atoms with Crippen molar-refractivity contribution in [2.45, 2.75) is 32.7 Å². The molecule has 2 saturated heterocycles. The summed E-state index contributed by atoms with van der Waals surface area (Å²) in [5.74, 6) is 0. The summed E-state index contributed by atoms with van der Waals surface area (Å²) >= 11 is 0. The average molecular weight is 321 g/mol. The molecule has 1 spiro atoms. The van der Waals surface area contributed by atoms with Crippen LogP contribution in [0.1, 0.15) is 30.5 Å². The van der Waals surface area contributed by atoms with Gasteiger partial charge in [0.2, 0.25) is 0 Å². The van der Waals surface area contributed by atoms with Crippen LogP contribution >= 0.6 is 12.4 Å². The van der Waals surface area contributed by atoms with Gasteiger partial charge in [-0.15, -0.1) is 12.4 Å². The molecule has 2 aliphatic rings. The van der Waals surface area contributed by atoms with Gasteiger partial charge in [0.05, 0.1) is 11.9 Å². The number of halogens is 1. The molecule has 0 aromatic carbocycles. The van der Waals surface area contributed by atoms with Crippen molar-refractivity contribution >= 4 is 18.1 Å². The number of aromatic nitrogens is 2. The number of aryl methyl sites for hydroxylation is 1. The number of likely N-dealkylation sites (tertiary alicyclic amines) is 1. The van der Waals surface area contributed by atoms with Gasteiger partial charge in [-0.05, 0) is 68.9 Å². The highest BCUT2D eigenvalue weighted by Gasteiger charge is 2.38. The third-order valence-electron chi connectivity index (χ3n) is 5.31. The molecule has 0 radical (unpaired) electrons. The summed E-state index contributed by atoms with van der Waals surface area (Å²) in [7, 11) is 0. The second-order valence-corrected chi connectivity index (χ2v) is 6.89. The summed E-state index contributed by atoms with van der Waals surface area (Å²) in [6, 6.07) is 4.32. The van der Waals surface area contributed by atoms with Crippen LogP contribution in [0.15, 0.2) is 24.5 Å². The molecule has 4 nitrogen and oxygen atoms in total. The summed E-state index contributed by atoms with van der Waals surface area (Å²) in [6.45, 7) is 8.04. The van der Waals surface area contributed by atoms with E-state index in [0.29, 0.717) is 5.41 Å². The van der Waals surface area contributed by atoms with Gasteiger partial charge >= 0.3 is 0 Å². The van der Waals surface area contributed by atoms with Crippen molar-refractivity contribution in [1.29, 1.82) is 0 Å². The van der Waals surface area contributed by atoms with Crippen LogP contribution in [0.3, 0.4) is 0 Å². The van der Waals surface area contributed by atoms with E-state index in [1.54, 1.807) is 0 Å². The highest BCUT2D eigenvalue weighted by atomic mass is 35.5. The molecule has 0 saturated carbocycles. The first kappa shape index (κ1) is 15.8. The van der Waals surface area contributed by atoms with E-state index in [-0.39, 0.29) is 12.4 Å². The van der Waals surface area contributed by atoms with Crippen LogP contribution in [0.5, 0.6) is 0 Å². The van der Waals surface area contributed by atoms with Crippen LogP contribution in [0.2, 0.25) is 0 Å². The number of piperidine rings is 1. The van der Waals surface area contributed by atoms with E-state index in [2.05, 4.69) is 44.9 Å². The molecule has 0 amide bonds. The van der Waals surface area contributed by atoms with Crippen LogP contribution in [-0.2, 0) is 6.54 Å². The second kappa shape index (κ2) is 6.19. The molecule has 4 rings (SSSR count). The Labute approximate surface area is 138 Å². The number of nitrogens with zero attached hydrogens (tertiary/aromatic N) is 3. The lowest BCUT2D eigenvalue weighted by atomic mass is 9.78. The number of rotatable bonds is 2. The molecule has 0 unspecified atom stereocenters. The Morgan fingerprint density at radius 1 is 1.27 bits per heavy atom. The maximum absolute atomic E-state index is 4.55. The van der Waals surface area contributed by atoms with Crippen molar-refractivity contribution < 1.29 is 0 Å². The van der Waals surface area contributed by atoms with Crippen molar-refractivity contribution in [3.8, 4) is 0 Å². The van der Waals surface area contributed by atoms with E-state index < -0.39 is 0 Å². The van der Waals surface area contributed by atoms with Gasteiger partial charge in [0.15, 0.2) is 0 Å². The molecule has 120 valence electrons. The summed E-state index contributed by atoms with van der Waals surface area (Å²) in [5, 5.41) is 3.49. The van der Waals surface area contributed by atoms with Crippen LogP contribution in [0, 0.1) is 12.3 Å². The minimum absolute atomic E-state index is 0. The highest BCUT2D eigenvalue weighted by molar-refractivity contribution is 5.85. The zero-order valence-electron chi connectivity index (χ0n) is 13.2. The third-order valence-corrected chi connectivity index (χ3v) is 5.31. The molecule has 0 bridgehead atoms. The van der Waals surface area contributed by atoms with Gasteiger partial charge in [-0.3, -0.25) is 4.90 Å². The van der Waals surface area contributed by atoms with E-state index >= 15 is 0 Å². The molecule has 5 heteroatoms. The molecule has 0 atom stereocenters. The van der Waals surface area contributed by atoms with Crippen LogP contribution in [0.4, 0.5) is 0 Å². The predicted molar refractivity (Wildman–Crippen MR) is 91.6 cm³/mol. The van der Waals surface area contributed by atoms with Crippen molar-refractivity contribution in [2.24, 2.45) is 5.41 Å². The monoisotopic (exact) mass is 320 g/mol. The Bertz CT molecular complexity index is 645. The molecule has 1 N–H and O–H groups in total. The number of nitrogens with one attached hydrogen (secondary N) is 1. The van der Waals surface area contributed by atoms with Gasteiger partial charge in [-0.25, -0.2) is 4.98 Å². The average Bonchev–Trinajstić information content (AvgIpc) is 3.05. The lowest BCUT2D eigenvalue weighted by Crippen LogP contribution is -2.38. The molecule has 2 fully saturated rings. The van der Waals surface area contributed by atoms with E-state index in [1.165, 1.54) is 56.7 Å². The zero-order chi connectivity index (χ0) is 14.3. The molecule has 0 aliphatic carbocycles. The maximum Gasteiger partial charge on any atom is 0.137 e. The summed E-state index contributed by atoms with van der Waals surface area (Å²) in [6.07, 6.45) is 8.25. The Balaban J connectivity index is 0.00000144. The van der Waals surface area contributed by atoms with Gasteiger partial charge < -0.3 is 9.72 Å². The number of hydrogen-bond acceptors (Lipinski definition) is 3. The topological polar surface area (TPSA) is 32.6 Å². The zero-order valence-corrected chi connectivity index (χ0v) is 14.0. The van der Waals surface area contributed by atoms with E-state index in [4.69, 9.17) is 0 Å². The minimum Gasteiger partial charge on any atom is -0.317 e. The Morgan fingerprint density at radius 3 is 2.91 bits per heavy atom. The van der Waals surface area contributed by atoms with E-state index in [1.807, 2.05) is 6.20 Å². The van der Waals surface area contributed by atoms with Crippen LogP contribution in [0.25, 0.3) is 5.65 Å². The third kappa shape index (κ3) is 2.87. The molecule has 4 heterocycles. The fourth-order valence-corrected chi connectivity index (χ4v) is 4.01. The number of pyridine rings is 1. The number of imidazole rings is 1. The van der Waals surface area contributed by atoms with E-state index in [0.717, 1.165) is 12.2 Å². The largest absolute Gasteiger partial charge is 0.317 e. The Kier molecular flexibility index (Phi) is 4.44. The fraction of sp³-hybridized carbons (Fsp3) is 0.588. The van der Waals surface area contributed by atoms with Crippen LogP contribution < -0.4 is 5.32 Å². The molecule has 2 aromatic heterocycles. The second-order valence-electron chi connectivity index (χ2n) is 6.89. The van der Waals surface area contributed by atoms with Gasteiger partial charge in [0, 0.05) is 19.3 Å². The maximum atomic E-state index is 4.55. The lowest BCUT2D eigenvalue weighted by Gasteiger charge is -2.33. The first-order valence-electron chi connectivity index (χ1n) is 8.10. The first-order valence-corrected chi connectivity index (χ1v) is 8.10. The van der Waals surface area contributed by atoms with Gasteiger partial charge in [0.1, 0.15) is 5.65 Å². The number of hydrogen-bond donors (Lipinski definition) is 1. The van der Waals surface area contributed by atoms with Gasteiger partial charge in [-0.1, -0.05) is 0 Å². The van der Waals surface area contributed by atoms with Crippen molar-refractivity contribution in [3.05, 3.63) is 35.8 Å². The quantitative estimate of drug-likeness (QED) is 0.923. The number of fused-ring (bicyclic) bond motifs is 1. The minimum atomic E-state index is 0. The Hall–Kier alpha value is -1.10. The van der Waals surface area contributed by atoms with Crippen molar-refractivity contribution in [2.75, 3.05) is 26.2 Å². The predicted octanol–water partition coefficient (Wildman–Crippen LogP) is 2.64. The Morgan fingerprint density at radius 2 is 2.09 bits per heavy atom. The highest BCUT2D eigenvalue weighted by Crippen LogP contribution is 2.38. The fourth-order valence-electron chi connectivity index (χ4n) is 4.01. The summed E-state index contributed by atoms with van der Waals surface area (Å²) in [4.78, 5) is 7.17. The lowest BCUT2D eigenvalue weighted by molar-refractivity contribution is 0.193. The smallest absolute Gasteiger partial charge is 0.137 e. The summed E-state index contributed by atoms with van der Waals surface area (Å²) in [5.41, 5.74) is 4.24.